The van der Waals surface area contributed by atoms with Crippen LogP contribution in [0.4, 0.5) is 5.13 Å². The van der Waals surface area contributed by atoms with E-state index in [2.05, 4.69) is 29.4 Å². The van der Waals surface area contributed by atoms with Crippen LogP contribution in [0.15, 0.2) is 24.4 Å². The molecule has 0 atom stereocenters. The van der Waals surface area contributed by atoms with Gasteiger partial charge < -0.3 is 10.1 Å². The molecule has 4 heteroatoms. The zero-order valence-corrected chi connectivity index (χ0v) is 11.8. The van der Waals surface area contributed by atoms with Gasteiger partial charge in [0.05, 0.1) is 7.11 Å². The van der Waals surface area contributed by atoms with Crippen molar-refractivity contribution in [1.29, 1.82) is 0 Å². The van der Waals surface area contributed by atoms with Crippen LogP contribution in [0.25, 0.3) is 0 Å². The van der Waals surface area contributed by atoms with E-state index in [1.165, 1.54) is 16.0 Å². The molecule has 2 rings (SSSR count). The fourth-order valence-corrected chi connectivity index (χ4v) is 2.66. The van der Waals surface area contributed by atoms with Gasteiger partial charge in [0.15, 0.2) is 5.13 Å². The molecule has 0 radical (unpaired) electrons. The van der Waals surface area contributed by atoms with Gasteiger partial charge in [-0.2, -0.15) is 0 Å². The fourth-order valence-electron chi connectivity index (χ4n) is 1.90. The number of aryl methyl sites for hydroxylation is 3. The third-order valence-electron chi connectivity index (χ3n) is 2.84. The summed E-state index contributed by atoms with van der Waals surface area (Å²) in [5.41, 5.74) is 2.53. The number of thiazole rings is 1. The predicted molar refractivity (Wildman–Crippen MR) is 76.8 cm³/mol. The summed E-state index contributed by atoms with van der Waals surface area (Å²) in [4.78, 5) is 5.58. The van der Waals surface area contributed by atoms with Crippen LogP contribution < -0.4 is 10.1 Å². The van der Waals surface area contributed by atoms with Crippen LogP contribution >= 0.6 is 11.3 Å². The van der Waals surface area contributed by atoms with E-state index in [1.54, 1.807) is 18.4 Å². The fraction of sp³-hybridized carbons (Fsp3) is 0.357. The predicted octanol–water partition coefficient (Wildman–Crippen LogP) is 3.29. The van der Waals surface area contributed by atoms with E-state index in [4.69, 9.17) is 4.74 Å². The average molecular weight is 262 g/mol. The Morgan fingerprint density at radius 3 is 2.83 bits per heavy atom. The van der Waals surface area contributed by atoms with Gasteiger partial charge in [-0.1, -0.05) is 17.7 Å². The van der Waals surface area contributed by atoms with Crippen LogP contribution in [-0.4, -0.2) is 19.1 Å². The van der Waals surface area contributed by atoms with E-state index in [-0.39, 0.29) is 0 Å². The van der Waals surface area contributed by atoms with Gasteiger partial charge in [0.2, 0.25) is 0 Å². The molecular weight excluding hydrogens is 244 g/mol. The number of hydrogen-bond acceptors (Lipinski definition) is 4. The van der Waals surface area contributed by atoms with Crippen molar-refractivity contribution >= 4 is 16.5 Å². The lowest BCUT2D eigenvalue weighted by Gasteiger charge is -2.08. The van der Waals surface area contributed by atoms with Gasteiger partial charge in [-0.05, 0) is 31.4 Å². The lowest BCUT2D eigenvalue weighted by Crippen LogP contribution is -1.95. The van der Waals surface area contributed by atoms with Gasteiger partial charge >= 0.3 is 0 Å². The van der Waals surface area contributed by atoms with Crippen molar-refractivity contribution in [1.82, 2.24) is 4.98 Å². The normalized spacial score (nSPS) is 10.4. The number of ether oxygens (including phenoxy) is 1. The van der Waals surface area contributed by atoms with Crippen LogP contribution in [0.3, 0.4) is 0 Å². The number of rotatable bonds is 5. The summed E-state index contributed by atoms with van der Waals surface area (Å²) < 4.78 is 5.39. The van der Waals surface area contributed by atoms with E-state index in [9.17, 15) is 0 Å². The van der Waals surface area contributed by atoms with Crippen molar-refractivity contribution in [3.63, 3.8) is 0 Å². The summed E-state index contributed by atoms with van der Waals surface area (Å²) in [6.45, 7) is 2.11. The Bertz CT molecular complexity index is 522. The maximum Gasteiger partial charge on any atom is 0.182 e. The molecule has 0 spiro atoms. The van der Waals surface area contributed by atoms with Gasteiger partial charge in [-0.15, -0.1) is 11.3 Å². The summed E-state index contributed by atoms with van der Waals surface area (Å²) in [5.74, 6) is 0.971. The second-order valence-corrected chi connectivity index (χ2v) is 5.31. The van der Waals surface area contributed by atoms with Gasteiger partial charge in [0.1, 0.15) is 5.75 Å². The highest BCUT2D eigenvalue weighted by Gasteiger charge is 2.05. The molecule has 0 unspecified atom stereocenters. The molecule has 0 fully saturated rings. The van der Waals surface area contributed by atoms with Crippen molar-refractivity contribution in [2.75, 3.05) is 19.5 Å². The molecule has 0 amide bonds. The first kappa shape index (κ1) is 12.9. The maximum atomic E-state index is 5.39. The van der Waals surface area contributed by atoms with E-state index in [0.717, 1.165) is 23.7 Å². The Morgan fingerprint density at radius 2 is 2.17 bits per heavy atom. The van der Waals surface area contributed by atoms with Crippen molar-refractivity contribution < 1.29 is 4.74 Å². The standard InChI is InChI=1S/C14H18N2OS/c1-10-4-7-13(17-3)11(8-10)5-6-12-9-16-14(15-2)18-12/h4,7-9H,5-6H2,1-3H3,(H,15,16). The quantitative estimate of drug-likeness (QED) is 0.898. The zero-order valence-electron chi connectivity index (χ0n) is 11.0. The molecule has 96 valence electrons. The van der Waals surface area contributed by atoms with Crippen molar-refractivity contribution in [3.8, 4) is 5.75 Å². The molecule has 3 nitrogen and oxygen atoms in total. The molecule has 0 aliphatic heterocycles. The van der Waals surface area contributed by atoms with Crippen LogP contribution in [0, 0.1) is 6.92 Å². The smallest absolute Gasteiger partial charge is 0.182 e. The number of benzene rings is 1. The highest BCUT2D eigenvalue weighted by Crippen LogP contribution is 2.24. The highest BCUT2D eigenvalue weighted by atomic mass is 32.1. The van der Waals surface area contributed by atoms with Gasteiger partial charge in [-0.25, -0.2) is 4.98 Å². The van der Waals surface area contributed by atoms with E-state index < -0.39 is 0 Å². The lowest BCUT2D eigenvalue weighted by molar-refractivity contribution is 0.409. The minimum Gasteiger partial charge on any atom is -0.496 e. The largest absolute Gasteiger partial charge is 0.496 e. The molecule has 1 aromatic heterocycles. The number of anilines is 1. The summed E-state index contributed by atoms with van der Waals surface area (Å²) in [6, 6.07) is 6.31. The zero-order chi connectivity index (χ0) is 13.0. The Kier molecular flexibility index (Phi) is 4.20. The van der Waals surface area contributed by atoms with Crippen LogP contribution in [0.1, 0.15) is 16.0 Å². The first-order chi connectivity index (χ1) is 8.72. The summed E-state index contributed by atoms with van der Waals surface area (Å²) in [6.07, 6.45) is 3.92. The van der Waals surface area contributed by atoms with Gasteiger partial charge in [0, 0.05) is 18.1 Å². The molecular formula is C14H18N2OS. The topological polar surface area (TPSA) is 34.2 Å². The molecule has 18 heavy (non-hydrogen) atoms. The number of nitrogens with one attached hydrogen (secondary N) is 1. The third kappa shape index (κ3) is 3.01. The molecule has 0 aliphatic rings. The SMILES string of the molecule is CNc1ncc(CCc2cc(C)ccc2OC)s1. The minimum absolute atomic E-state index is 0.971. The monoisotopic (exact) mass is 262 g/mol. The summed E-state index contributed by atoms with van der Waals surface area (Å²) in [7, 11) is 3.62. The molecule has 1 N–H and O–H groups in total. The second-order valence-electron chi connectivity index (χ2n) is 4.20. The number of methoxy groups -OCH3 is 1. The average Bonchev–Trinajstić information content (AvgIpc) is 2.84. The Balaban J connectivity index is 2.07. The number of hydrogen-bond donors (Lipinski definition) is 1. The molecule has 2 aromatic rings. The molecule has 0 saturated heterocycles. The number of aromatic nitrogens is 1. The Morgan fingerprint density at radius 1 is 1.33 bits per heavy atom. The van der Waals surface area contributed by atoms with Crippen molar-refractivity contribution in [2.24, 2.45) is 0 Å². The second kappa shape index (κ2) is 5.87. The molecule has 1 heterocycles. The van der Waals surface area contributed by atoms with Crippen molar-refractivity contribution in [2.45, 2.75) is 19.8 Å². The summed E-state index contributed by atoms with van der Waals surface area (Å²) in [5, 5.41) is 4.03. The first-order valence-electron chi connectivity index (χ1n) is 5.99. The summed E-state index contributed by atoms with van der Waals surface area (Å²) >= 11 is 1.71. The first-order valence-corrected chi connectivity index (χ1v) is 6.80. The van der Waals surface area contributed by atoms with E-state index in [1.807, 2.05) is 19.3 Å². The van der Waals surface area contributed by atoms with Crippen LogP contribution in [-0.2, 0) is 12.8 Å². The molecule has 0 saturated carbocycles. The highest BCUT2D eigenvalue weighted by molar-refractivity contribution is 7.15. The number of nitrogens with zero attached hydrogens (tertiary/aromatic N) is 1. The van der Waals surface area contributed by atoms with Gasteiger partial charge in [0.25, 0.3) is 0 Å². The van der Waals surface area contributed by atoms with E-state index in [0.29, 0.717) is 0 Å². The minimum atomic E-state index is 0.971. The Hall–Kier alpha value is -1.55. The van der Waals surface area contributed by atoms with E-state index >= 15 is 0 Å². The molecule has 1 aromatic carbocycles. The van der Waals surface area contributed by atoms with Gasteiger partial charge in [-0.3, -0.25) is 0 Å². The van der Waals surface area contributed by atoms with Crippen LogP contribution in [0.5, 0.6) is 5.75 Å². The van der Waals surface area contributed by atoms with Crippen LogP contribution in [0.2, 0.25) is 0 Å². The molecule has 0 aliphatic carbocycles. The maximum absolute atomic E-state index is 5.39. The Labute approximate surface area is 112 Å². The lowest BCUT2D eigenvalue weighted by atomic mass is 10.1. The third-order valence-corrected chi connectivity index (χ3v) is 3.92. The van der Waals surface area contributed by atoms with Crippen molar-refractivity contribution in [3.05, 3.63) is 40.4 Å². The molecule has 0 bridgehead atoms.